The molecule has 0 radical (unpaired) electrons. The lowest BCUT2D eigenvalue weighted by atomic mass is 9.91. The number of carbonyl (C=O) groups excluding carboxylic acids is 1. The second-order valence-corrected chi connectivity index (χ2v) is 6.95. The van der Waals surface area contributed by atoms with Gasteiger partial charge in [0.1, 0.15) is 6.10 Å². The minimum atomic E-state index is -0.215. The number of carbonyl (C=O) groups is 1. The van der Waals surface area contributed by atoms with Crippen molar-refractivity contribution < 1.29 is 9.53 Å². The van der Waals surface area contributed by atoms with Gasteiger partial charge in [0.05, 0.1) is 6.10 Å². The molecule has 1 N–H and O–H groups in total. The Hall–Kier alpha value is -1.39. The molecule has 2 heterocycles. The van der Waals surface area contributed by atoms with E-state index in [0.29, 0.717) is 12.0 Å². The van der Waals surface area contributed by atoms with Crippen LogP contribution in [-0.4, -0.2) is 42.1 Å². The Morgan fingerprint density at radius 3 is 2.82 bits per heavy atom. The maximum absolute atomic E-state index is 12.2. The van der Waals surface area contributed by atoms with Crippen LogP contribution in [0.4, 0.5) is 0 Å². The summed E-state index contributed by atoms with van der Waals surface area (Å²) >= 11 is 0. The zero-order valence-electron chi connectivity index (χ0n) is 12.9. The molecule has 1 saturated carbocycles. The molecule has 2 saturated heterocycles. The SMILES string of the molecule is O=C(NC1CC1)[C@H]1C[C@@H]2CCN(Cc3ccccc3)C[C@H]2O1. The predicted octanol–water partition coefficient (Wildman–Crippen LogP) is 1.94. The van der Waals surface area contributed by atoms with Gasteiger partial charge in [-0.1, -0.05) is 30.3 Å². The fourth-order valence-corrected chi connectivity index (χ4v) is 3.67. The summed E-state index contributed by atoms with van der Waals surface area (Å²) in [4.78, 5) is 14.6. The highest BCUT2D eigenvalue weighted by molar-refractivity contribution is 5.81. The molecule has 3 fully saturated rings. The summed E-state index contributed by atoms with van der Waals surface area (Å²) in [5, 5.41) is 3.08. The van der Waals surface area contributed by atoms with Gasteiger partial charge in [0.25, 0.3) is 0 Å². The zero-order valence-corrected chi connectivity index (χ0v) is 12.9. The van der Waals surface area contributed by atoms with Crippen LogP contribution in [0.15, 0.2) is 30.3 Å². The molecule has 0 bridgehead atoms. The average Bonchev–Trinajstić information content (AvgIpc) is 3.24. The topological polar surface area (TPSA) is 41.6 Å². The van der Waals surface area contributed by atoms with Crippen LogP contribution in [0, 0.1) is 5.92 Å². The molecular weight excluding hydrogens is 276 g/mol. The molecule has 1 aromatic rings. The van der Waals surface area contributed by atoms with Crippen molar-refractivity contribution in [2.45, 2.75) is 50.5 Å². The van der Waals surface area contributed by atoms with Crippen molar-refractivity contribution in [2.24, 2.45) is 5.92 Å². The van der Waals surface area contributed by atoms with Crippen LogP contribution in [-0.2, 0) is 16.1 Å². The van der Waals surface area contributed by atoms with Gasteiger partial charge in [-0.3, -0.25) is 9.69 Å². The Bertz CT molecular complexity index is 529. The molecule has 1 aliphatic carbocycles. The van der Waals surface area contributed by atoms with Crippen molar-refractivity contribution >= 4 is 5.91 Å². The molecule has 0 aromatic heterocycles. The first-order valence-corrected chi connectivity index (χ1v) is 8.50. The van der Waals surface area contributed by atoms with Crippen molar-refractivity contribution in [3.63, 3.8) is 0 Å². The Kier molecular flexibility index (Phi) is 3.89. The molecule has 2 aliphatic heterocycles. The van der Waals surface area contributed by atoms with E-state index in [4.69, 9.17) is 4.74 Å². The molecule has 0 unspecified atom stereocenters. The smallest absolute Gasteiger partial charge is 0.249 e. The van der Waals surface area contributed by atoms with Crippen molar-refractivity contribution in [3.8, 4) is 0 Å². The van der Waals surface area contributed by atoms with Crippen LogP contribution in [0.2, 0.25) is 0 Å². The van der Waals surface area contributed by atoms with E-state index >= 15 is 0 Å². The van der Waals surface area contributed by atoms with Gasteiger partial charge in [0.15, 0.2) is 0 Å². The first-order chi connectivity index (χ1) is 10.8. The van der Waals surface area contributed by atoms with E-state index in [0.717, 1.165) is 45.3 Å². The Morgan fingerprint density at radius 1 is 1.23 bits per heavy atom. The first kappa shape index (κ1) is 14.2. The highest BCUT2D eigenvalue weighted by atomic mass is 16.5. The van der Waals surface area contributed by atoms with E-state index in [1.165, 1.54) is 5.56 Å². The summed E-state index contributed by atoms with van der Waals surface area (Å²) < 4.78 is 6.07. The summed E-state index contributed by atoms with van der Waals surface area (Å²) in [6.45, 7) is 3.04. The van der Waals surface area contributed by atoms with Gasteiger partial charge in [-0.2, -0.15) is 0 Å². The highest BCUT2D eigenvalue weighted by Crippen LogP contribution is 2.34. The molecule has 0 spiro atoms. The molecular formula is C18H24N2O2. The third kappa shape index (κ3) is 3.18. The maximum atomic E-state index is 12.2. The van der Waals surface area contributed by atoms with E-state index in [1.54, 1.807) is 0 Å². The third-order valence-electron chi connectivity index (χ3n) is 5.10. The van der Waals surface area contributed by atoms with Gasteiger partial charge >= 0.3 is 0 Å². The lowest BCUT2D eigenvalue weighted by Crippen LogP contribution is -2.42. The summed E-state index contributed by atoms with van der Waals surface area (Å²) in [6.07, 6.45) is 4.33. The predicted molar refractivity (Wildman–Crippen MR) is 84.3 cm³/mol. The van der Waals surface area contributed by atoms with Crippen LogP contribution in [0.5, 0.6) is 0 Å². The number of nitrogens with one attached hydrogen (secondary N) is 1. The van der Waals surface area contributed by atoms with E-state index in [1.807, 2.05) is 0 Å². The van der Waals surface area contributed by atoms with Gasteiger partial charge < -0.3 is 10.1 Å². The first-order valence-electron chi connectivity index (χ1n) is 8.50. The maximum Gasteiger partial charge on any atom is 0.249 e. The molecule has 3 aliphatic rings. The monoisotopic (exact) mass is 300 g/mol. The number of fused-ring (bicyclic) bond motifs is 1. The number of rotatable bonds is 4. The number of hydrogen-bond donors (Lipinski definition) is 1. The normalized spacial score (nSPS) is 31.7. The van der Waals surface area contributed by atoms with Crippen LogP contribution in [0.1, 0.15) is 31.2 Å². The summed E-state index contributed by atoms with van der Waals surface area (Å²) in [7, 11) is 0. The third-order valence-corrected chi connectivity index (χ3v) is 5.10. The van der Waals surface area contributed by atoms with Gasteiger partial charge in [-0.25, -0.2) is 0 Å². The molecule has 1 aromatic carbocycles. The van der Waals surface area contributed by atoms with Crippen molar-refractivity contribution in [3.05, 3.63) is 35.9 Å². The fraction of sp³-hybridized carbons (Fsp3) is 0.611. The summed E-state index contributed by atoms with van der Waals surface area (Å²) in [5.74, 6) is 0.675. The van der Waals surface area contributed by atoms with Gasteiger partial charge in [-0.15, -0.1) is 0 Å². The van der Waals surface area contributed by atoms with E-state index in [-0.39, 0.29) is 18.1 Å². The standard InChI is InChI=1S/C18H24N2O2/c21-18(19-15-6-7-15)16-10-14-8-9-20(12-17(14)22-16)11-13-4-2-1-3-5-13/h1-5,14-17H,6-12H2,(H,19,21)/t14-,16+,17+/m0/s1. The van der Waals surface area contributed by atoms with Crippen LogP contribution in [0.3, 0.4) is 0 Å². The minimum absolute atomic E-state index is 0.117. The minimum Gasteiger partial charge on any atom is -0.364 e. The molecule has 4 rings (SSSR count). The molecule has 3 atom stereocenters. The largest absolute Gasteiger partial charge is 0.364 e. The van der Waals surface area contributed by atoms with Gasteiger partial charge in [-0.05, 0) is 43.7 Å². The summed E-state index contributed by atoms with van der Waals surface area (Å²) in [6, 6.07) is 11.0. The van der Waals surface area contributed by atoms with Gasteiger partial charge in [0, 0.05) is 19.1 Å². The Morgan fingerprint density at radius 2 is 2.05 bits per heavy atom. The Balaban J connectivity index is 1.32. The number of nitrogens with zero attached hydrogens (tertiary/aromatic N) is 1. The number of piperidine rings is 1. The van der Waals surface area contributed by atoms with E-state index in [2.05, 4.69) is 40.5 Å². The van der Waals surface area contributed by atoms with Crippen molar-refractivity contribution in [1.29, 1.82) is 0 Å². The van der Waals surface area contributed by atoms with Crippen molar-refractivity contribution in [1.82, 2.24) is 10.2 Å². The number of hydrogen-bond acceptors (Lipinski definition) is 3. The average molecular weight is 300 g/mol. The second-order valence-electron chi connectivity index (χ2n) is 6.95. The fourth-order valence-electron chi connectivity index (χ4n) is 3.67. The number of ether oxygens (including phenoxy) is 1. The lowest BCUT2D eigenvalue weighted by molar-refractivity contribution is -0.133. The molecule has 4 heteroatoms. The molecule has 4 nitrogen and oxygen atoms in total. The van der Waals surface area contributed by atoms with Crippen LogP contribution in [0.25, 0.3) is 0 Å². The molecule has 118 valence electrons. The zero-order chi connectivity index (χ0) is 14.9. The van der Waals surface area contributed by atoms with E-state index in [9.17, 15) is 4.79 Å². The number of benzene rings is 1. The highest BCUT2D eigenvalue weighted by Gasteiger charge is 2.42. The molecule has 22 heavy (non-hydrogen) atoms. The van der Waals surface area contributed by atoms with Crippen LogP contribution >= 0.6 is 0 Å². The van der Waals surface area contributed by atoms with Crippen molar-refractivity contribution in [2.75, 3.05) is 13.1 Å². The number of likely N-dealkylation sites (tertiary alicyclic amines) is 1. The summed E-state index contributed by atoms with van der Waals surface area (Å²) in [5.41, 5.74) is 1.35. The van der Waals surface area contributed by atoms with Gasteiger partial charge in [0.2, 0.25) is 5.91 Å². The Labute approximate surface area is 131 Å². The second kappa shape index (κ2) is 6.01. The van der Waals surface area contributed by atoms with E-state index < -0.39 is 0 Å². The number of amides is 1. The quantitative estimate of drug-likeness (QED) is 0.924. The van der Waals surface area contributed by atoms with Crippen LogP contribution < -0.4 is 5.32 Å². The lowest BCUT2D eigenvalue weighted by Gasteiger charge is -2.34. The molecule has 1 amide bonds.